The smallest absolute Gasteiger partial charge is 0.497 e. The summed E-state index contributed by atoms with van der Waals surface area (Å²) in [6, 6.07) is 30.7. The second kappa shape index (κ2) is 11.1. The standard InChI is InChI=1S/C29H26O5/c1-31-25-11-3-21(4-12-25)19-23-7-15-27(16-8-23)33-29(30)34-28-17-9-24(10-18-28)20-22-5-13-26(32-2)14-6-22/h3-18H,19-20H2,1-2H3. The Morgan fingerprint density at radius 1 is 0.471 bits per heavy atom. The molecule has 0 amide bonds. The van der Waals surface area contributed by atoms with Gasteiger partial charge in [-0.3, -0.25) is 0 Å². The van der Waals surface area contributed by atoms with Crippen molar-refractivity contribution in [2.24, 2.45) is 0 Å². The van der Waals surface area contributed by atoms with Crippen LogP contribution in [0, 0.1) is 0 Å². The predicted molar refractivity (Wildman–Crippen MR) is 131 cm³/mol. The summed E-state index contributed by atoms with van der Waals surface area (Å²) in [6.45, 7) is 0. The van der Waals surface area contributed by atoms with Crippen molar-refractivity contribution in [2.45, 2.75) is 12.8 Å². The fourth-order valence-corrected chi connectivity index (χ4v) is 3.52. The number of methoxy groups -OCH3 is 2. The molecule has 0 saturated carbocycles. The molecule has 0 heterocycles. The molecule has 0 aliphatic heterocycles. The summed E-state index contributed by atoms with van der Waals surface area (Å²) < 4.78 is 21.0. The molecule has 34 heavy (non-hydrogen) atoms. The number of hydrogen-bond donors (Lipinski definition) is 0. The molecule has 0 unspecified atom stereocenters. The van der Waals surface area contributed by atoms with Crippen molar-refractivity contribution >= 4 is 6.16 Å². The summed E-state index contributed by atoms with van der Waals surface area (Å²) in [5.41, 5.74) is 4.56. The van der Waals surface area contributed by atoms with Gasteiger partial charge in [0.05, 0.1) is 14.2 Å². The van der Waals surface area contributed by atoms with Gasteiger partial charge in [-0.1, -0.05) is 48.5 Å². The number of ether oxygens (including phenoxy) is 4. The topological polar surface area (TPSA) is 54.0 Å². The van der Waals surface area contributed by atoms with Crippen molar-refractivity contribution in [3.8, 4) is 23.0 Å². The van der Waals surface area contributed by atoms with E-state index in [4.69, 9.17) is 18.9 Å². The highest BCUT2D eigenvalue weighted by atomic mass is 16.7. The highest BCUT2D eigenvalue weighted by Gasteiger charge is 2.09. The van der Waals surface area contributed by atoms with Gasteiger partial charge in [-0.05, 0) is 83.6 Å². The van der Waals surface area contributed by atoms with Crippen molar-refractivity contribution < 1.29 is 23.7 Å². The van der Waals surface area contributed by atoms with Crippen molar-refractivity contribution in [1.29, 1.82) is 0 Å². The molecule has 0 aliphatic rings. The number of carbonyl (C=O) groups is 1. The Labute approximate surface area is 199 Å². The number of hydrogen-bond acceptors (Lipinski definition) is 5. The molecule has 0 fully saturated rings. The van der Waals surface area contributed by atoms with Crippen molar-refractivity contribution in [1.82, 2.24) is 0 Å². The summed E-state index contributed by atoms with van der Waals surface area (Å²) >= 11 is 0. The maximum atomic E-state index is 12.2. The van der Waals surface area contributed by atoms with E-state index in [0.29, 0.717) is 11.5 Å². The van der Waals surface area contributed by atoms with E-state index in [2.05, 4.69) is 0 Å². The molecule has 4 aromatic rings. The van der Waals surface area contributed by atoms with Crippen LogP contribution in [-0.2, 0) is 12.8 Å². The van der Waals surface area contributed by atoms with E-state index in [1.165, 1.54) is 11.1 Å². The second-order valence-corrected chi connectivity index (χ2v) is 7.79. The van der Waals surface area contributed by atoms with Gasteiger partial charge in [-0.2, -0.15) is 0 Å². The fourth-order valence-electron chi connectivity index (χ4n) is 3.52. The van der Waals surface area contributed by atoms with Gasteiger partial charge >= 0.3 is 6.16 Å². The highest BCUT2D eigenvalue weighted by molar-refractivity contribution is 5.67. The first-order valence-electron chi connectivity index (χ1n) is 10.9. The first kappa shape index (κ1) is 22.9. The van der Waals surface area contributed by atoms with Crippen LogP contribution < -0.4 is 18.9 Å². The maximum Gasteiger partial charge on any atom is 0.519 e. The summed E-state index contributed by atoms with van der Waals surface area (Å²) in [7, 11) is 3.30. The third-order valence-electron chi connectivity index (χ3n) is 5.38. The average molecular weight is 455 g/mol. The predicted octanol–water partition coefficient (Wildman–Crippen LogP) is 6.46. The van der Waals surface area contributed by atoms with Crippen LogP contribution in [0.3, 0.4) is 0 Å². The van der Waals surface area contributed by atoms with Gasteiger partial charge in [0.2, 0.25) is 0 Å². The molecular weight excluding hydrogens is 428 g/mol. The molecule has 4 rings (SSSR count). The van der Waals surface area contributed by atoms with Crippen LogP contribution in [0.4, 0.5) is 4.79 Å². The Kier molecular flexibility index (Phi) is 7.45. The summed E-state index contributed by atoms with van der Waals surface area (Å²) in [4.78, 5) is 12.2. The molecule has 0 N–H and O–H groups in total. The van der Waals surface area contributed by atoms with Crippen molar-refractivity contribution in [2.75, 3.05) is 14.2 Å². The van der Waals surface area contributed by atoms with E-state index in [1.807, 2.05) is 72.8 Å². The van der Waals surface area contributed by atoms with E-state index >= 15 is 0 Å². The number of carbonyl (C=O) groups excluding carboxylic acids is 1. The van der Waals surface area contributed by atoms with Gasteiger partial charge < -0.3 is 18.9 Å². The van der Waals surface area contributed by atoms with Crippen molar-refractivity contribution in [3.63, 3.8) is 0 Å². The molecule has 0 radical (unpaired) electrons. The third-order valence-corrected chi connectivity index (χ3v) is 5.38. The minimum atomic E-state index is -0.772. The van der Waals surface area contributed by atoms with E-state index in [0.717, 1.165) is 35.5 Å². The van der Waals surface area contributed by atoms with Crippen LogP contribution in [0.5, 0.6) is 23.0 Å². The Morgan fingerprint density at radius 2 is 0.735 bits per heavy atom. The van der Waals surface area contributed by atoms with E-state index in [9.17, 15) is 4.79 Å². The summed E-state index contributed by atoms with van der Waals surface area (Å²) in [5.74, 6) is 2.52. The minimum Gasteiger partial charge on any atom is -0.497 e. The molecule has 0 spiro atoms. The molecule has 5 heteroatoms. The van der Waals surface area contributed by atoms with Gasteiger partial charge in [-0.25, -0.2) is 4.79 Å². The normalized spacial score (nSPS) is 10.4. The van der Waals surface area contributed by atoms with E-state index < -0.39 is 6.16 Å². The van der Waals surface area contributed by atoms with E-state index in [-0.39, 0.29) is 0 Å². The van der Waals surface area contributed by atoms with E-state index in [1.54, 1.807) is 38.5 Å². The van der Waals surface area contributed by atoms with Crippen LogP contribution in [0.25, 0.3) is 0 Å². The SMILES string of the molecule is COc1ccc(Cc2ccc(OC(=O)Oc3ccc(Cc4ccc(OC)cc4)cc3)cc2)cc1. The molecule has 5 nitrogen and oxygen atoms in total. The Morgan fingerprint density at radius 3 is 1.00 bits per heavy atom. The minimum absolute atomic E-state index is 0.430. The molecule has 0 atom stereocenters. The van der Waals surface area contributed by atoms with Gasteiger partial charge in [0.1, 0.15) is 23.0 Å². The van der Waals surface area contributed by atoms with Gasteiger partial charge in [0.15, 0.2) is 0 Å². The monoisotopic (exact) mass is 454 g/mol. The van der Waals surface area contributed by atoms with Crippen LogP contribution in [0.2, 0.25) is 0 Å². The number of benzene rings is 4. The first-order valence-corrected chi connectivity index (χ1v) is 10.9. The molecule has 0 bridgehead atoms. The number of rotatable bonds is 8. The van der Waals surface area contributed by atoms with Gasteiger partial charge in [0.25, 0.3) is 0 Å². The molecule has 0 aliphatic carbocycles. The molecular formula is C29H26O5. The van der Waals surface area contributed by atoms with Crippen LogP contribution in [0.1, 0.15) is 22.3 Å². The molecule has 0 saturated heterocycles. The lowest BCUT2D eigenvalue weighted by Crippen LogP contribution is -2.13. The fraction of sp³-hybridized carbons (Fsp3) is 0.138. The quantitative estimate of drug-likeness (QED) is 0.226. The zero-order chi connectivity index (χ0) is 23.8. The lowest BCUT2D eigenvalue weighted by atomic mass is 10.0. The molecule has 4 aromatic carbocycles. The van der Waals surface area contributed by atoms with Crippen LogP contribution in [0.15, 0.2) is 97.1 Å². The Balaban J connectivity index is 1.27. The average Bonchev–Trinajstić information content (AvgIpc) is 2.87. The van der Waals surface area contributed by atoms with Gasteiger partial charge in [-0.15, -0.1) is 0 Å². The lowest BCUT2D eigenvalue weighted by molar-refractivity contribution is 0.152. The second-order valence-electron chi connectivity index (χ2n) is 7.79. The highest BCUT2D eigenvalue weighted by Crippen LogP contribution is 2.20. The first-order chi connectivity index (χ1) is 16.6. The van der Waals surface area contributed by atoms with Gasteiger partial charge in [0, 0.05) is 0 Å². The molecule has 0 aromatic heterocycles. The lowest BCUT2D eigenvalue weighted by Gasteiger charge is -2.08. The van der Waals surface area contributed by atoms with Crippen LogP contribution in [-0.4, -0.2) is 20.4 Å². The largest absolute Gasteiger partial charge is 0.519 e. The summed E-state index contributed by atoms with van der Waals surface area (Å²) in [5, 5.41) is 0. The molecule has 172 valence electrons. The third kappa shape index (κ3) is 6.39. The zero-order valence-electron chi connectivity index (χ0n) is 19.2. The summed E-state index contributed by atoms with van der Waals surface area (Å²) in [6.07, 6.45) is 0.778. The van der Waals surface area contributed by atoms with Crippen molar-refractivity contribution in [3.05, 3.63) is 119 Å². The Bertz CT molecular complexity index is 1100. The zero-order valence-corrected chi connectivity index (χ0v) is 19.2. The Hall–Kier alpha value is -4.25. The maximum absolute atomic E-state index is 12.2. The van der Waals surface area contributed by atoms with Crippen LogP contribution >= 0.6 is 0 Å².